The molecular formula is C19H17Cl3CrN4. The second-order valence-corrected chi connectivity index (χ2v) is 12.7. The molecule has 140 valence electrons. The monoisotopic (exact) mass is 458 g/mol. The first-order valence-corrected chi connectivity index (χ1v) is 13.8. The number of para-hydroxylation sites is 2. The van der Waals surface area contributed by atoms with E-state index in [9.17, 15) is 0 Å². The zero-order valence-electron chi connectivity index (χ0n) is 14.3. The van der Waals surface area contributed by atoms with Crippen LogP contribution in [0.4, 0.5) is 0 Å². The van der Waals surface area contributed by atoms with Crippen molar-refractivity contribution in [2.24, 2.45) is 0 Å². The van der Waals surface area contributed by atoms with Crippen molar-refractivity contribution < 1.29 is 11.4 Å². The number of aryl methyl sites for hydroxylation is 2. The maximum atomic E-state index is 4.93. The second-order valence-electron chi connectivity index (χ2n) is 6.37. The molecule has 2 aromatic heterocycles. The molecule has 2 aromatic carbocycles. The number of benzene rings is 2. The summed E-state index contributed by atoms with van der Waals surface area (Å²) in [6.45, 7) is 0. The standard InChI is InChI=1S/C19H17N4.3ClH.Cr/c1-4-12-10-11-13-5-2-7-15-19(13)23-17(21-15)9-3-8-16-20-14(6-1)18(12)22-16;;;;/h1-7H,8-11H2,(H,20,22)(H,21,23);3*1H;/q-1;;;;+4/p-3. The van der Waals surface area contributed by atoms with E-state index in [1.165, 1.54) is 11.1 Å². The maximum absolute atomic E-state index is 4.93. The first-order chi connectivity index (χ1) is 13.1. The van der Waals surface area contributed by atoms with Crippen molar-refractivity contribution in [3.8, 4) is 0 Å². The Morgan fingerprint density at radius 1 is 0.778 bits per heavy atom. The summed E-state index contributed by atoms with van der Waals surface area (Å²) >= 11 is -1.62. The second kappa shape index (κ2) is 8.43. The third kappa shape index (κ3) is 4.45. The van der Waals surface area contributed by atoms with E-state index in [4.69, 9.17) is 40.1 Å². The van der Waals surface area contributed by atoms with Gasteiger partial charge in [0.2, 0.25) is 0 Å². The zero-order valence-corrected chi connectivity index (χ0v) is 17.8. The number of imidazole rings is 2. The van der Waals surface area contributed by atoms with Crippen LogP contribution in [0.2, 0.25) is 0 Å². The fourth-order valence-corrected chi connectivity index (χ4v) is 3.50. The van der Waals surface area contributed by atoms with Crippen LogP contribution in [0.1, 0.15) is 22.8 Å². The molecule has 0 radical (unpaired) electrons. The van der Waals surface area contributed by atoms with Crippen molar-refractivity contribution in [2.75, 3.05) is 0 Å². The summed E-state index contributed by atoms with van der Waals surface area (Å²) in [5.41, 5.74) is 7.11. The number of hydrogen-bond acceptors (Lipinski definition) is 2. The van der Waals surface area contributed by atoms with Crippen molar-refractivity contribution in [3.63, 3.8) is 0 Å². The summed E-state index contributed by atoms with van der Waals surface area (Å²) in [5.74, 6) is 2.06. The van der Waals surface area contributed by atoms with E-state index in [1.807, 2.05) is 0 Å². The third-order valence-electron chi connectivity index (χ3n) is 4.63. The molecule has 0 unspecified atom stereocenters. The third-order valence-corrected chi connectivity index (χ3v) is 4.63. The van der Waals surface area contributed by atoms with Crippen molar-refractivity contribution in [3.05, 3.63) is 65.6 Å². The molecule has 0 fully saturated rings. The fourth-order valence-electron chi connectivity index (χ4n) is 3.50. The fraction of sp³-hybridized carbons (Fsp3) is 0.211. The number of halogens is 3. The molecular weight excluding hydrogens is 443 g/mol. The largest absolute Gasteiger partial charge is 0.344 e. The van der Waals surface area contributed by atoms with E-state index in [0.717, 1.165) is 59.4 Å². The Morgan fingerprint density at radius 2 is 1.22 bits per heavy atom. The SMILES string of the molecule is [Cl][Cr+]([Cl])[Cl].c1cc2c3nc([nH]c3c1)C[CH-]Cc1nc3c(cccc3[nH]1)CC2. The van der Waals surface area contributed by atoms with Gasteiger partial charge < -0.3 is 16.4 Å². The van der Waals surface area contributed by atoms with Crippen LogP contribution in [0.3, 0.4) is 0 Å². The van der Waals surface area contributed by atoms with Crippen molar-refractivity contribution in [1.82, 2.24) is 19.9 Å². The van der Waals surface area contributed by atoms with E-state index in [-0.39, 0.29) is 0 Å². The molecule has 0 saturated carbocycles. The molecule has 1 aliphatic rings. The van der Waals surface area contributed by atoms with Gasteiger partial charge in [0.15, 0.2) is 0 Å². The number of nitrogens with zero attached hydrogens (tertiary/aromatic N) is 2. The number of H-pyrrole nitrogens is 2. The average molecular weight is 460 g/mol. The van der Waals surface area contributed by atoms with Crippen molar-refractivity contribution >= 4 is 52.2 Å². The van der Waals surface area contributed by atoms with Crippen LogP contribution in [0.5, 0.6) is 0 Å². The molecule has 0 saturated heterocycles. The van der Waals surface area contributed by atoms with Gasteiger partial charge in [0.1, 0.15) is 0 Å². The number of hydrogen-bond donors (Lipinski definition) is 2. The minimum atomic E-state index is -1.62. The molecule has 4 bridgehead atoms. The van der Waals surface area contributed by atoms with Gasteiger partial charge in [-0.15, -0.1) is 12.8 Å². The quantitative estimate of drug-likeness (QED) is 0.337. The molecule has 1 aliphatic heterocycles. The Bertz CT molecular complexity index is 989. The van der Waals surface area contributed by atoms with Crippen LogP contribution in [-0.4, -0.2) is 19.9 Å². The summed E-state index contributed by atoms with van der Waals surface area (Å²) in [7, 11) is 14.8. The first-order valence-electron chi connectivity index (χ1n) is 8.58. The molecule has 27 heavy (non-hydrogen) atoms. The van der Waals surface area contributed by atoms with Gasteiger partial charge >= 0.3 is 41.5 Å². The molecule has 2 N–H and O–H groups in total. The molecule has 0 atom stereocenters. The Balaban J connectivity index is 0.000000413. The van der Waals surface area contributed by atoms with Crippen LogP contribution < -0.4 is 0 Å². The van der Waals surface area contributed by atoms with Crippen LogP contribution in [0, 0.1) is 6.42 Å². The van der Waals surface area contributed by atoms with Crippen LogP contribution in [-0.2, 0) is 37.1 Å². The van der Waals surface area contributed by atoms with E-state index in [0.29, 0.717) is 0 Å². The molecule has 3 heterocycles. The average Bonchev–Trinajstić information content (AvgIpc) is 3.22. The predicted octanol–water partition coefficient (Wildman–Crippen LogP) is 5.59. The Labute approximate surface area is 174 Å². The van der Waals surface area contributed by atoms with Gasteiger partial charge in [-0.3, -0.25) is 0 Å². The van der Waals surface area contributed by atoms with Gasteiger partial charge in [0.25, 0.3) is 0 Å². The summed E-state index contributed by atoms with van der Waals surface area (Å²) in [5, 5.41) is 0. The zero-order chi connectivity index (χ0) is 18.8. The van der Waals surface area contributed by atoms with Crippen molar-refractivity contribution in [2.45, 2.75) is 25.7 Å². The number of nitrogens with one attached hydrogen (secondary N) is 2. The number of aromatic nitrogens is 4. The Hall–Kier alpha value is -1.22. The molecule has 0 spiro atoms. The van der Waals surface area contributed by atoms with Gasteiger partial charge in [0.05, 0.1) is 33.7 Å². The molecule has 4 nitrogen and oxygen atoms in total. The molecule has 0 aliphatic carbocycles. The molecule has 4 aromatic rings. The van der Waals surface area contributed by atoms with E-state index < -0.39 is 11.4 Å². The number of aromatic amines is 2. The first kappa shape index (κ1) is 19.1. The Morgan fingerprint density at radius 3 is 1.67 bits per heavy atom. The maximum Gasteiger partial charge on any atom is 0.0916 e. The normalized spacial score (nSPS) is 14.1. The van der Waals surface area contributed by atoms with Crippen LogP contribution in [0.15, 0.2) is 36.4 Å². The molecule has 5 rings (SSSR count). The minimum Gasteiger partial charge on any atom is -0.344 e. The van der Waals surface area contributed by atoms with Gasteiger partial charge in [-0.1, -0.05) is 24.3 Å². The number of rotatable bonds is 0. The van der Waals surface area contributed by atoms with Gasteiger partial charge in [-0.05, 0) is 36.1 Å². The van der Waals surface area contributed by atoms with Crippen molar-refractivity contribution in [1.29, 1.82) is 0 Å². The minimum absolute atomic E-state index is 0.831. The summed E-state index contributed by atoms with van der Waals surface area (Å²) in [6, 6.07) is 12.8. The van der Waals surface area contributed by atoms with Crippen LogP contribution in [0.25, 0.3) is 22.1 Å². The van der Waals surface area contributed by atoms with Gasteiger partial charge in [-0.25, -0.2) is 9.97 Å². The number of fused-ring (bicyclic) bond motifs is 2. The predicted molar refractivity (Wildman–Crippen MR) is 109 cm³/mol. The van der Waals surface area contributed by atoms with Gasteiger partial charge in [-0.2, -0.15) is 0 Å². The Kier molecular flexibility index (Phi) is 5.97. The summed E-state index contributed by atoms with van der Waals surface area (Å²) in [4.78, 5) is 16.5. The van der Waals surface area contributed by atoms with Gasteiger partial charge in [0, 0.05) is 0 Å². The topological polar surface area (TPSA) is 57.4 Å². The summed E-state index contributed by atoms with van der Waals surface area (Å²) in [6.07, 6.45) is 5.85. The summed E-state index contributed by atoms with van der Waals surface area (Å²) < 4.78 is 0. The molecule has 8 heteroatoms. The van der Waals surface area contributed by atoms with Crippen LogP contribution >= 0.6 is 30.1 Å². The van der Waals surface area contributed by atoms with E-state index in [2.05, 4.69) is 52.8 Å². The van der Waals surface area contributed by atoms with E-state index in [1.54, 1.807) is 0 Å². The molecule has 0 amide bonds. The smallest absolute Gasteiger partial charge is 0.0916 e. The van der Waals surface area contributed by atoms with E-state index >= 15 is 0 Å².